The quantitative estimate of drug-likeness (QED) is 0.572. The van der Waals surface area contributed by atoms with Crippen molar-refractivity contribution in [2.45, 2.75) is 42.6 Å². The Bertz CT molecular complexity index is 1130. The third-order valence-corrected chi connectivity index (χ3v) is 6.44. The second-order valence-electron chi connectivity index (χ2n) is 7.31. The van der Waals surface area contributed by atoms with E-state index in [1.165, 1.54) is 18.2 Å². The molecule has 33 heavy (non-hydrogen) atoms. The van der Waals surface area contributed by atoms with Gasteiger partial charge < -0.3 is 9.84 Å². The Hall–Kier alpha value is -2.80. The van der Waals surface area contributed by atoms with Crippen molar-refractivity contribution in [2.75, 3.05) is 6.61 Å². The van der Waals surface area contributed by atoms with Crippen LogP contribution in [0.1, 0.15) is 41.1 Å². The first-order valence-electron chi connectivity index (χ1n) is 9.46. The van der Waals surface area contributed by atoms with Gasteiger partial charge >= 0.3 is 18.3 Å². The molecule has 2 aromatic rings. The molecule has 0 heterocycles. The van der Waals surface area contributed by atoms with Crippen molar-refractivity contribution in [2.24, 2.45) is 0 Å². The Labute approximate surface area is 184 Å². The van der Waals surface area contributed by atoms with Gasteiger partial charge in [0.1, 0.15) is 5.75 Å². The lowest BCUT2D eigenvalue weighted by molar-refractivity contribution is -0.143. The molecule has 1 aliphatic rings. The van der Waals surface area contributed by atoms with E-state index in [0.29, 0.717) is 24.0 Å². The Morgan fingerprint density at radius 3 is 2.21 bits per heavy atom. The molecule has 6 nitrogen and oxygen atoms in total. The Morgan fingerprint density at radius 1 is 1.06 bits per heavy atom. The highest BCUT2D eigenvalue weighted by Crippen LogP contribution is 2.39. The summed E-state index contributed by atoms with van der Waals surface area (Å²) in [5.74, 6) is -1.03. The third kappa shape index (κ3) is 5.77. The molecule has 0 radical (unpaired) electrons. The van der Waals surface area contributed by atoms with E-state index in [1.54, 1.807) is 0 Å². The molecular formula is C20H17F6NO5S. The lowest BCUT2D eigenvalue weighted by Crippen LogP contribution is -2.31. The molecule has 0 aromatic heterocycles. The van der Waals surface area contributed by atoms with Crippen LogP contribution in [-0.2, 0) is 33.6 Å². The number of carbonyl (C=O) groups is 1. The van der Waals surface area contributed by atoms with Crippen LogP contribution >= 0.6 is 0 Å². The smallest absolute Gasteiger partial charge is 0.416 e. The Morgan fingerprint density at radius 2 is 1.67 bits per heavy atom. The van der Waals surface area contributed by atoms with Crippen LogP contribution in [0, 0.1) is 0 Å². The Balaban J connectivity index is 1.99. The van der Waals surface area contributed by atoms with E-state index in [2.05, 4.69) is 4.72 Å². The predicted octanol–water partition coefficient (Wildman–Crippen LogP) is 4.54. The lowest BCUT2D eigenvalue weighted by atomic mass is 9.87. The number of fused-ring (bicyclic) bond motifs is 1. The van der Waals surface area contributed by atoms with Crippen molar-refractivity contribution in [1.29, 1.82) is 0 Å². The summed E-state index contributed by atoms with van der Waals surface area (Å²) >= 11 is 0. The highest BCUT2D eigenvalue weighted by molar-refractivity contribution is 7.89. The lowest BCUT2D eigenvalue weighted by Gasteiger charge is -2.28. The van der Waals surface area contributed by atoms with Gasteiger partial charge in [0, 0.05) is 6.04 Å². The maximum Gasteiger partial charge on any atom is 0.416 e. The SMILES string of the molecule is O=C(O)COc1cccc2c1CCCC2NS(=O)(=O)c1cc(C(F)(F)F)cc(C(F)(F)F)c1. The fourth-order valence-electron chi connectivity index (χ4n) is 3.55. The minimum atomic E-state index is -5.20. The number of halogens is 6. The molecule has 13 heteroatoms. The van der Waals surface area contributed by atoms with Crippen molar-refractivity contribution >= 4 is 16.0 Å². The number of alkyl halides is 6. The molecule has 0 fully saturated rings. The van der Waals surface area contributed by atoms with Crippen molar-refractivity contribution in [3.8, 4) is 5.75 Å². The average Bonchev–Trinajstić information content (AvgIpc) is 2.70. The molecule has 0 saturated carbocycles. The van der Waals surface area contributed by atoms with Crippen LogP contribution < -0.4 is 9.46 Å². The number of hydrogen-bond donors (Lipinski definition) is 2. The van der Waals surface area contributed by atoms with Crippen LogP contribution in [0.4, 0.5) is 26.3 Å². The van der Waals surface area contributed by atoms with E-state index in [9.17, 15) is 39.6 Å². The molecule has 2 N–H and O–H groups in total. The van der Waals surface area contributed by atoms with Crippen LogP contribution in [0.15, 0.2) is 41.3 Å². The van der Waals surface area contributed by atoms with E-state index in [0.717, 1.165) is 0 Å². The van der Waals surface area contributed by atoms with Gasteiger partial charge in [-0.2, -0.15) is 26.3 Å². The molecule has 0 amide bonds. The number of hydrogen-bond acceptors (Lipinski definition) is 4. The summed E-state index contributed by atoms with van der Waals surface area (Å²) in [4.78, 5) is 9.60. The zero-order chi connectivity index (χ0) is 24.6. The van der Waals surface area contributed by atoms with Gasteiger partial charge in [-0.05, 0) is 54.7 Å². The van der Waals surface area contributed by atoms with Crippen LogP contribution in [0.3, 0.4) is 0 Å². The highest BCUT2D eigenvalue weighted by atomic mass is 32.2. The number of sulfonamides is 1. The minimum Gasteiger partial charge on any atom is -0.482 e. The topological polar surface area (TPSA) is 92.7 Å². The summed E-state index contributed by atoms with van der Waals surface area (Å²) < 4.78 is 112. The fourth-order valence-corrected chi connectivity index (χ4v) is 4.87. The Kier molecular flexibility index (Phi) is 6.67. The van der Waals surface area contributed by atoms with E-state index in [-0.39, 0.29) is 30.4 Å². The number of carboxylic acid groups (broad SMARTS) is 1. The fraction of sp³-hybridized carbons (Fsp3) is 0.350. The first kappa shape index (κ1) is 24.8. The molecule has 1 aliphatic carbocycles. The van der Waals surface area contributed by atoms with E-state index in [1.807, 2.05) is 0 Å². The van der Waals surface area contributed by atoms with E-state index < -0.39 is 57.0 Å². The molecule has 180 valence electrons. The highest BCUT2D eigenvalue weighted by Gasteiger charge is 2.39. The number of carboxylic acids is 1. The predicted molar refractivity (Wildman–Crippen MR) is 102 cm³/mol. The summed E-state index contributed by atoms with van der Waals surface area (Å²) in [6.45, 7) is -0.642. The average molecular weight is 497 g/mol. The second kappa shape index (κ2) is 8.86. The van der Waals surface area contributed by atoms with Crippen LogP contribution in [0.5, 0.6) is 5.75 Å². The van der Waals surface area contributed by atoms with Gasteiger partial charge in [-0.25, -0.2) is 17.9 Å². The van der Waals surface area contributed by atoms with Gasteiger partial charge in [0.25, 0.3) is 0 Å². The molecule has 0 bridgehead atoms. The monoisotopic (exact) mass is 497 g/mol. The summed E-state index contributed by atoms with van der Waals surface area (Å²) in [7, 11) is -4.79. The number of benzene rings is 2. The summed E-state index contributed by atoms with van der Waals surface area (Å²) in [6.07, 6.45) is -9.33. The summed E-state index contributed by atoms with van der Waals surface area (Å²) in [5.41, 5.74) is -2.58. The summed E-state index contributed by atoms with van der Waals surface area (Å²) in [6, 6.07) is 3.68. The van der Waals surface area contributed by atoms with Crippen molar-refractivity contribution in [3.05, 3.63) is 58.7 Å². The number of aliphatic carboxylic acids is 1. The largest absolute Gasteiger partial charge is 0.482 e. The van der Waals surface area contributed by atoms with Gasteiger partial charge in [-0.1, -0.05) is 12.1 Å². The first-order chi connectivity index (χ1) is 15.2. The maximum absolute atomic E-state index is 13.1. The standard InChI is InChI=1S/C20H17F6NO5S/c21-19(22,23)11-7-12(20(24,25)26)9-13(8-11)33(30,31)27-16-5-1-4-15-14(16)3-2-6-17(15)32-10-18(28)29/h2-3,6-9,16,27H,1,4-5,10H2,(H,28,29). The maximum atomic E-state index is 13.1. The number of nitrogens with one attached hydrogen (secondary N) is 1. The molecule has 0 saturated heterocycles. The molecule has 1 unspecified atom stereocenters. The first-order valence-corrected chi connectivity index (χ1v) is 10.9. The normalized spacial score (nSPS) is 16.8. The van der Waals surface area contributed by atoms with Crippen molar-refractivity contribution in [3.63, 3.8) is 0 Å². The minimum absolute atomic E-state index is 0.147. The van der Waals surface area contributed by atoms with Crippen LogP contribution in [-0.4, -0.2) is 26.1 Å². The number of rotatable bonds is 6. The summed E-state index contributed by atoms with van der Waals surface area (Å²) in [5, 5.41) is 8.79. The molecule has 1 atom stereocenters. The van der Waals surface area contributed by atoms with Crippen molar-refractivity contribution in [1.82, 2.24) is 4.72 Å². The van der Waals surface area contributed by atoms with Gasteiger partial charge in [0.15, 0.2) is 6.61 Å². The van der Waals surface area contributed by atoms with Crippen molar-refractivity contribution < 1.29 is 49.4 Å². The molecule has 3 rings (SSSR count). The van der Waals surface area contributed by atoms with Gasteiger partial charge in [0.2, 0.25) is 10.0 Å². The van der Waals surface area contributed by atoms with Crippen LogP contribution in [0.2, 0.25) is 0 Å². The van der Waals surface area contributed by atoms with Gasteiger partial charge in [-0.3, -0.25) is 0 Å². The zero-order valence-electron chi connectivity index (χ0n) is 16.6. The van der Waals surface area contributed by atoms with Gasteiger partial charge in [-0.15, -0.1) is 0 Å². The molecule has 2 aromatic carbocycles. The molecule has 0 aliphatic heterocycles. The zero-order valence-corrected chi connectivity index (χ0v) is 17.4. The van der Waals surface area contributed by atoms with Crippen LogP contribution in [0.25, 0.3) is 0 Å². The molecule has 0 spiro atoms. The molecular weight excluding hydrogens is 480 g/mol. The van der Waals surface area contributed by atoms with E-state index in [4.69, 9.17) is 9.84 Å². The van der Waals surface area contributed by atoms with E-state index >= 15 is 0 Å². The third-order valence-electron chi connectivity index (χ3n) is 4.98. The number of ether oxygens (including phenoxy) is 1. The van der Waals surface area contributed by atoms with Gasteiger partial charge in [0.05, 0.1) is 16.0 Å². The second-order valence-corrected chi connectivity index (χ2v) is 9.03.